The van der Waals surface area contributed by atoms with Gasteiger partial charge in [-0.2, -0.15) is 0 Å². The van der Waals surface area contributed by atoms with Crippen molar-refractivity contribution in [1.29, 1.82) is 0 Å². The van der Waals surface area contributed by atoms with Gasteiger partial charge in [-0.15, -0.1) is 11.8 Å². The number of rotatable bonds is 4. The zero-order valence-corrected chi connectivity index (χ0v) is 15.6. The molecule has 25 heavy (non-hydrogen) atoms. The van der Waals surface area contributed by atoms with E-state index in [-0.39, 0.29) is 28.0 Å². The maximum absolute atomic E-state index is 13.2. The standard InChI is InChI=1S/C18H22N2O4S/c1-18(2)14(15(21)19-9-5-6-9)20-16(22)12-10(17(20)25-18)7-8-11(23-3)13(12)24-4/h7-9,14,17H,5-6H2,1-4H3,(H,19,21)/t14-,17+/m0/s1. The highest BCUT2D eigenvalue weighted by Crippen LogP contribution is 2.58. The van der Waals surface area contributed by atoms with Gasteiger partial charge >= 0.3 is 0 Å². The van der Waals surface area contributed by atoms with Crippen LogP contribution in [-0.2, 0) is 4.79 Å². The molecular weight excluding hydrogens is 340 g/mol. The first-order chi connectivity index (χ1) is 11.9. The third kappa shape index (κ3) is 2.39. The van der Waals surface area contributed by atoms with E-state index < -0.39 is 6.04 Å². The molecule has 2 heterocycles. The highest BCUT2D eigenvalue weighted by molar-refractivity contribution is 8.01. The fourth-order valence-electron chi connectivity index (χ4n) is 3.76. The highest BCUT2D eigenvalue weighted by atomic mass is 32.2. The minimum absolute atomic E-state index is 0.0606. The van der Waals surface area contributed by atoms with Gasteiger partial charge in [0.2, 0.25) is 5.91 Å². The number of methoxy groups -OCH3 is 2. The third-order valence-electron chi connectivity index (χ3n) is 5.07. The fraction of sp³-hybridized carbons (Fsp3) is 0.556. The molecule has 2 amide bonds. The van der Waals surface area contributed by atoms with Gasteiger partial charge in [-0.25, -0.2) is 0 Å². The van der Waals surface area contributed by atoms with Crippen LogP contribution in [0, 0.1) is 0 Å². The van der Waals surface area contributed by atoms with E-state index in [9.17, 15) is 9.59 Å². The number of hydrogen-bond donors (Lipinski definition) is 1. The predicted molar refractivity (Wildman–Crippen MR) is 95.1 cm³/mol. The molecule has 1 aliphatic carbocycles. The Morgan fingerprint density at radius 3 is 2.60 bits per heavy atom. The van der Waals surface area contributed by atoms with Gasteiger partial charge in [0, 0.05) is 16.4 Å². The van der Waals surface area contributed by atoms with E-state index in [0.717, 1.165) is 18.4 Å². The summed E-state index contributed by atoms with van der Waals surface area (Å²) < 4.78 is 10.4. The molecule has 0 radical (unpaired) electrons. The van der Waals surface area contributed by atoms with Crippen molar-refractivity contribution in [2.24, 2.45) is 0 Å². The summed E-state index contributed by atoms with van der Waals surface area (Å²) in [6.07, 6.45) is 2.04. The van der Waals surface area contributed by atoms with E-state index in [1.165, 1.54) is 7.11 Å². The van der Waals surface area contributed by atoms with Crippen LogP contribution in [0.25, 0.3) is 0 Å². The smallest absolute Gasteiger partial charge is 0.260 e. The second-order valence-corrected chi connectivity index (χ2v) is 8.97. The zero-order valence-electron chi connectivity index (χ0n) is 14.8. The summed E-state index contributed by atoms with van der Waals surface area (Å²) in [6.45, 7) is 4.06. The molecule has 3 aliphatic rings. The van der Waals surface area contributed by atoms with Crippen molar-refractivity contribution in [2.45, 2.75) is 48.9 Å². The van der Waals surface area contributed by atoms with Crippen LogP contribution in [-0.4, -0.2) is 47.8 Å². The van der Waals surface area contributed by atoms with Crippen molar-refractivity contribution in [2.75, 3.05) is 14.2 Å². The number of hydrogen-bond acceptors (Lipinski definition) is 5. The summed E-state index contributed by atoms with van der Waals surface area (Å²) in [7, 11) is 3.08. The first-order valence-electron chi connectivity index (χ1n) is 8.44. The summed E-state index contributed by atoms with van der Waals surface area (Å²) in [6, 6.07) is 3.49. The molecule has 4 rings (SSSR count). The number of amides is 2. The monoisotopic (exact) mass is 362 g/mol. The second kappa shape index (κ2) is 5.56. The van der Waals surface area contributed by atoms with Crippen molar-refractivity contribution in [3.63, 3.8) is 0 Å². The molecule has 0 unspecified atom stereocenters. The fourth-order valence-corrected chi connectivity index (χ4v) is 5.34. The van der Waals surface area contributed by atoms with E-state index >= 15 is 0 Å². The van der Waals surface area contributed by atoms with E-state index in [2.05, 4.69) is 5.32 Å². The Hall–Kier alpha value is -1.89. The Morgan fingerprint density at radius 1 is 1.28 bits per heavy atom. The van der Waals surface area contributed by atoms with Gasteiger partial charge in [-0.3, -0.25) is 9.59 Å². The molecule has 1 saturated heterocycles. The minimum atomic E-state index is -0.501. The molecule has 1 N–H and O–H groups in total. The van der Waals surface area contributed by atoms with Crippen molar-refractivity contribution in [1.82, 2.24) is 10.2 Å². The lowest BCUT2D eigenvalue weighted by molar-refractivity contribution is -0.126. The van der Waals surface area contributed by atoms with Crippen LogP contribution in [0.3, 0.4) is 0 Å². The number of fused-ring (bicyclic) bond motifs is 3. The number of benzene rings is 1. The molecule has 134 valence electrons. The molecule has 2 atom stereocenters. The van der Waals surface area contributed by atoms with Crippen molar-refractivity contribution in [3.05, 3.63) is 23.3 Å². The second-order valence-electron chi connectivity index (χ2n) is 7.24. The number of nitrogens with zero attached hydrogens (tertiary/aromatic N) is 1. The summed E-state index contributed by atoms with van der Waals surface area (Å²) in [4.78, 5) is 27.8. The molecule has 2 fully saturated rings. The molecule has 6 nitrogen and oxygen atoms in total. The number of thioether (sulfide) groups is 1. The lowest BCUT2D eigenvalue weighted by Gasteiger charge is -2.29. The van der Waals surface area contributed by atoms with Crippen LogP contribution in [0.5, 0.6) is 11.5 Å². The van der Waals surface area contributed by atoms with Gasteiger partial charge in [-0.1, -0.05) is 6.07 Å². The number of ether oxygens (including phenoxy) is 2. The van der Waals surface area contributed by atoms with Gasteiger partial charge in [0.25, 0.3) is 5.91 Å². The molecule has 1 aromatic carbocycles. The van der Waals surface area contributed by atoms with Gasteiger partial charge in [0.05, 0.1) is 19.8 Å². The summed E-state index contributed by atoms with van der Waals surface area (Å²) in [5, 5.41) is 2.89. The van der Waals surface area contributed by atoms with Crippen LogP contribution < -0.4 is 14.8 Å². The van der Waals surface area contributed by atoms with Crippen LogP contribution >= 0.6 is 11.8 Å². The molecule has 1 saturated carbocycles. The highest BCUT2D eigenvalue weighted by Gasteiger charge is 2.58. The summed E-state index contributed by atoms with van der Waals surface area (Å²) in [5.74, 6) is 0.748. The predicted octanol–water partition coefficient (Wildman–Crippen LogP) is 2.33. The van der Waals surface area contributed by atoms with E-state index in [0.29, 0.717) is 17.1 Å². The lowest BCUT2D eigenvalue weighted by atomic mass is 10.0. The zero-order chi connectivity index (χ0) is 17.9. The largest absolute Gasteiger partial charge is 0.493 e. The Balaban J connectivity index is 1.76. The first-order valence-corrected chi connectivity index (χ1v) is 9.32. The normalized spacial score (nSPS) is 26.2. The van der Waals surface area contributed by atoms with Crippen molar-refractivity contribution < 1.29 is 19.1 Å². The van der Waals surface area contributed by atoms with Crippen LogP contribution in [0.1, 0.15) is 48.0 Å². The third-order valence-corrected chi connectivity index (χ3v) is 6.60. The summed E-state index contributed by atoms with van der Waals surface area (Å²) in [5.41, 5.74) is 1.40. The number of carbonyl (C=O) groups is 2. The maximum atomic E-state index is 13.2. The quantitative estimate of drug-likeness (QED) is 0.890. The Bertz CT molecular complexity index is 760. The lowest BCUT2D eigenvalue weighted by Crippen LogP contribution is -2.52. The molecule has 0 aromatic heterocycles. The van der Waals surface area contributed by atoms with E-state index in [1.54, 1.807) is 23.8 Å². The average molecular weight is 362 g/mol. The van der Waals surface area contributed by atoms with Crippen molar-refractivity contribution >= 4 is 23.6 Å². The van der Waals surface area contributed by atoms with Gasteiger partial charge in [0.15, 0.2) is 11.5 Å². The molecule has 0 bridgehead atoms. The van der Waals surface area contributed by atoms with Gasteiger partial charge < -0.3 is 19.7 Å². The topological polar surface area (TPSA) is 67.9 Å². The Morgan fingerprint density at radius 2 is 2.00 bits per heavy atom. The average Bonchev–Trinajstić information content (AvgIpc) is 3.28. The Labute approximate surface area is 151 Å². The summed E-state index contributed by atoms with van der Waals surface area (Å²) >= 11 is 1.65. The van der Waals surface area contributed by atoms with E-state index in [4.69, 9.17) is 9.47 Å². The maximum Gasteiger partial charge on any atom is 0.260 e. The first kappa shape index (κ1) is 16.6. The van der Waals surface area contributed by atoms with Crippen LogP contribution in [0.2, 0.25) is 0 Å². The minimum Gasteiger partial charge on any atom is -0.493 e. The van der Waals surface area contributed by atoms with Gasteiger partial charge in [-0.05, 0) is 32.8 Å². The molecule has 7 heteroatoms. The van der Waals surface area contributed by atoms with Crippen molar-refractivity contribution in [3.8, 4) is 11.5 Å². The molecule has 1 aromatic rings. The SMILES string of the molecule is COc1ccc2c(c1OC)C(=O)N1[C@@H]2SC(C)(C)[C@@H]1C(=O)NC1CC1. The van der Waals surface area contributed by atoms with Gasteiger partial charge in [0.1, 0.15) is 11.4 Å². The number of carbonyl (C=O) groups excluding carboxylic acids is 2. The van der Waals surface area contributed by atoms with E-state index in [1.807, 2.05) is 26.0 Å². The Kier molecular flexibility index (Phi) is 3.68. The molecule has 0 spiro atoms. The van der Waals surface area contributed by atoms with Crippen LogP contribution in [0.4, 0.5) is 0 Å². The molecule has 2 aliphatic heterocycles. The number of nitrogens with one attached hydrogen (secondary N) is 1. The van der Waals surface area contributed by atoms with Crippen LogP contribution in [0.15, 0.2) is 12.1 Å². The molecular formula is C18H22N2O4S.